The highest BCUT2D eigenvalue weighted by Gasteiger charge is 2.27. The van der Waals surface area contributed by atoms with E-state index in [2.05, 4.69) is 34.9 Å². The molecule has 1 aliphatic heterocycles. The second kappa shape index (κ2) is 8.80. The first-order valence-corrected chi connectivity index (χ1v) is 9.90. The summed E-state index contributed by atoms with van der Waals surface area (Å²) in [4.78, 5) is 25.6. The molecular weight excluding hydrogens is 408 g/mol. The maximum atomic E-state index is 12.7. The smallest absolute Gasteiger partial charge is 0.387 e. The zero-order valence-electron chi connectivity index (χ0n) is 17.2. The van der Waals surface area contributed by atoms with Gasteiger partial charge in [-0.05, 0) is 31.2 Å². The highest BCUT2D eigenvalue weighted by atomic mass is 19.3. The zero-order chi connectivity index (χ0) is 22.0. The van der Waals surface area contributed by atoms with Crippen LogP contribution in [0.3, 0.4) is 0 Å². The lowest BCUT2D eigenvalue weighted by Crippen LogP contribution is -2.53. The molecule has 1 saturated heterocycles. The second-order valence-corrected chi connectivity index (χ2v) is 7.29. The maximum Gasteiger partial charge on any atom is 0.387 e. The van der Waals surface area contributed by atoms with E-state index in [9.17, 15) is 13.6 Å². The number of halogens is 2. The normalized spacial score (nSPS) is 16.0. The van der Waals surface area contributed by atoms with E-state index in [0.29, 0.717) is 18.8 Å². The van der Waals surface area contributed by atoms with Crippen LogP contribution < -0.4 is 15.0 Å². The van der Waals surface area contributed by atoms with Crippen LogP contribution >= 0.6 is 0 Å². The maximum absolute atomic E-state index is 12.7. The zero-order valence-corrected chi connectivity index (χ0v) is 17.2. The molecular formula is C20H23F2N7O2. The van der Waals surface area contributed by atoms with Crippen LogP contribution in [-0.4, -0.2) is 69.4 Å². The van der Waals surface area contributed by atoms with Crippen LogP contribution in [0.15, 0.2) is 36.8 Å². The van der Waals surface area contributed by atoms with Crippen LogP contribution in [0.4, 0.5) is 20.3 Å². The Morgan fingerprint density at radius 2 is 1.84 bits per heavy atom. The molecule has 4 rings (SSSR count). The summed E-state index contributed by atoms with van der Waals surface area (Å²) in [5, 5.41) is 7.98. The molecule has 31 heavy (non-hydrogen) atoms. The SMILES string of the molecule is CC(C(=O)Nc1ccc(OC(F)F)cc1)N1CCN(c2ncnc3c2cnn3C)CC1. The molecule has 1 N–H and O–H groups in total. The fraction of sp³-hybridized carbons (Fsp3) is 0.400. The van der Waals surface area contributed by atoms with E-state index in [0.717, 1.165) is 29.9 Å². The van der Waals surface area contributed by atoms with E-state index in [1.54, 1.807) is 17.2 Å². The number of carbonyl (C=O) groups is 1. The Labute approximate surface area is 177 Å². The quantitative estimate of drug-likeness (QED) is 0.640. The number of ether oxygens (including phenoxy) is 1. The number of nitrogens with zero attached hydrogens (tertiary/aromatic N) is 6. The molecule has 3 heterocycles. The Balaban J connectivity index is 1.34. The van der Waals surface area contributed by atoms with Crippen LogP contribution in [0.1, 0.15) is 6.92 Å². The molecule has 9 nitrogen and oxygen atoms in total. The Morgan fingerprint density at radius 1 is 1.13 bits per heavy atom. The van der Waals surface area contributed by atoms with Crippen molar-refractivity contribution in [2.24, 2.45) is 7.05 Å². The van der Waals surface area contributed by atoms with Crippen molar-refractivity contribution in [2.75, 3.05) is 36.4 Å². The summed E-state index contributed by atoms with van der Waals surface area (Å²) >= 11 is 0. The summed E-state index contributed by atoms with van der Waals surface area (Å²) in [6.07, 6.45) is 3.31. The van der Waals surface area contributed by atoms with Crippen molar-refractivity contribution in [3.8, 4) is 5.75 Å². The largest absolute Gasteiger partial charge is 0.435 e. The van der Waals surface area contributed by atoms with E-state index < -0.39 is 6.61 Å². The number of piperazine rings is 1. The van der Waals surface area contributed by atoms with Gasteiger partial charge in [0.15, 0.2) is 5.65 Å². The number of aryl methyl sites for hydroxylation is 1. The second-order valence-electron chi connectivity index (χ2n) is 7.29. The summed E-state index contributed by atoms with van der Waals surface area (Å²) in [5.74, 6) is 0.734. The molecule has 1 aliphatic rings. The van der Waals surface area contributed by atoms with Gasteiger partial charge in [0.05, 0.1) is 17.6 Å². The van der Waals surface area contributed by atoms with Gasteiger partial charge in [-0.15, -0.1) is 0 Å². The minimum atomic E-state index is -2.88. The monoisotopic (exact) mass is 431 g/mol. The number of carbonyl (C=O) groups excluding carboxylic acids is 1. The van der Waals surface area contributed by atoms with Gasteiger partial charge in [-0.25, -0.2) is 9.97 Å². The van der Waals surface area contributed by atoms with Crippen LogP contribution in [0.25, 0.3) is 11.0 Å². The molecule has 1 unspecified atom stereocenters. The van der Waals surface area contributed by atoms with Gasteiger partial charge < -0.3 is 15.0 Å². The number of anilines is 2. The van der Waals surface area contributed by atoms with Crippen molar-refractivity contribution < 1.29 is 18.3 Å². The molecule has 1 amide bonds. The van der Waals surface area contributed by atoms with E-state index in [4.69, 9.17) is 0 Å². The fourth-order valence-electron chi connectivity index (χ4n) is 3.65. The van der Waals surface area contributed by atoms with Gasteiger partial charge in [0.2, 0.25) is 5.91 Å². The number of nitrogens with one attached hydrogen (secondary N) is 1. The van der Waals surface area contributed by atoms with Gasteiger partial charge in [0, 0.05) is 38.9 Å². The third-order valence-electron chi connectivity index (χ3n) is 5.40. The van der Waals surface area contributed by atoms with Crippen molar-refractivity contribution in [3.05, 3.63) is 36.8 Å². The lowest BCUT2D eigenvalue weighted by Gasteiger charge is -2.38. The number of amides is 1. The molecule has 1 fully saturated rings. The molecule has 0 aliphatic carbocycles. The lowest BCUT2D eigenvalue weighted by atomic mass is 10.2. The van der Waals surface area contributed by atoms with Crippen molar-refractivity contribution in [2.45, 2.75) is 19.6 Å². The van der Waals surface area contributed by atoms with Gasteiger partial charge in [-0.1, -0.05) is 0 Å². The number of fused-ring (bicyclic) bond motifs is 1. The van der Waals surface area contributed by atoms with Crippen LogP contribution in [0.5, 0.6) is 5.75 Å². The number of rotatable bonds is 6. The molecule has 1 aromatic carbocycles. The Bertz CT molecular complexity index is 1050. The van der Waals surface area contributed by atoms with Gasteiger partial charge in [0.25, 0.3) is 0 Å². The van der Waals surface area contributed by atoms with Crippen LogP contribution in [0.2, 0.25) is 0 Å². The van der Waals surface area contributed by atoms with Gasteiger partial charge >= 0.3 is 6.61 Å². The topological polar surface area (TPSA) is 88.4 Å². The molecule has 11 heteroatoms. The third kappa shape index (κ3) is 4.55. The molecule has 164 valence electrons. The highest BCUT2D eigenvalue weighted by molar-refractivity contribution is 5.94. The van der Waals surface area contributed by atoms with E-state index in [1.807, 2.05) is 14.0 Å². The number of alkyl halides is 2. The Morgan fingerprint density at radius 3 is 2.52 bits per heavy atom. The molecule has 0 spiro atoms. The molecule has 0 bridgehead atoms. The first kappa shape index (κ1) is 20.9. The van der Waals surface area contributed by atoms with E-state index >= 15 is 0 Å². The molecule has 0 saturated carbocycles. The predicted octanol–water partition coefficient (Wildman–Crippen LogP) is 2.11. The third-order valence-corrected chi connectivity index (χ3v) is 5.40. The minimum Gasteiger partial charge on any atom is -0.435 e. The van der Waals surface area contributed by atoms with Gasteiger partial charge in [-0.2, -0.15) is 13.9 Å². The predicted molar refractivity (Wildman–Crippen MR) is 111 cm³/mol. The average Bonchev–Trinajstić information content (AvgIpc) is 3.15. The summed E-state index contributed by atoms with van der Waals surface area (Å²) < 4.78 is 30.5. The number of hydrogen-bond donors (Lipinski definition) is 1. The first-order chi connectivity index (χ1) is 14.9. The Hall–Kier alpha value is -3.34. The lowest BCUT2D eigenvalue weighted by molar-refractivity contribution is -0.120. The average molecular weight is 431 g/mol. The summed E-state index contributed by atoms with van der Waals surface area (Å²) in [7, 11) is 1.84. The highest BCUT2D eigenvalue weighted by Crippen LogP contribution is 2.24. The number of hydrogen-bond acceptors (Lipinski definition) is 7. The van der Waals surface area contributed by atoms with Crippen LogP contribution in [0, 0.1) is 0 Å². The fourth-order valence-corrected chi connectivity index (χ4v) is 3.65. The Kier molecular flexibility index (Phi) is 5.94. The summed E-state index contributed by atoms with van der Waals surface area (Å²) in [5.41, 5.74) is 1.31. The summed E-state index contributed by atoms with van der Waals surface area (Å²) in [6, 6.07) is 5.52. The standard InChI is InChI=1S/C20H23F2N7O2/c1-13(19(30)26-14-3-5-15(6-4-14)31-20(21)22)28-7-9-29(10-8-28)18-16-11-25-27(2)17(16)23-12-24-18/h3-6,11-13,20H,7-10H2,1-2H3,(H,26,30). The molecule has 1 atom stereocenters. The van der Waals surface area contributed by atoms with Gasteiger partial charge in [0.1, 0.15) is 17.9 Å². The number of benzene rings is 1. The minimum absolute atomic E-state index is 0.0459. The van der Waals surface area contributed by atoms with Crippen molar-refractivity contribution in [1.29, 1.82) is 0 Å². The molecule has 2 aromatic heterocycles. The van der Waals surface area contributed by atoms with E-state index in [-0.39, 0.29) is 17.7 Å². The van der Waals surface area contributed by atoms with Crippen LogP contribution in [-0.2, 0) is 11.8 Å². The van der Waals surface area contributed by atoms with Crippen molar-refractivity contribution in [3.63, 3.8) is 0 Å². The molecule has 0 radical (unpaired) electrons. The first-order valence-electron chi connectivity index (χ1n) is 9.90. The van der Waals surface area contributed by atoms with E-state index in [1.165, 1.54) is 24.3 Å². The van der Waals surface area contributed by atoms with Crippen molar-refractivity contribution >= 4 is 28.4 Å². The molecule has 3 aromatic rings. The number of aromatic nitrogens is 4. The van der Waals surface area contributed by atoms with Gasteiger partial charge in [-0.3, -0.25) is 14.4 Å². The summed E-state index contributed by atoms with van der Waals surface area (Å²) in [6.45, 7) is 1.80. The van der Waals surface area contributed by atoms with Crippen molar-refractivity contribution in [1.82, 2.24) is 24.6 Å².